The van der Waals surface area contributed by atoms with Crippen LogP contribution in [0, 0.1) is 0 Å². The first-order valence-corrected chi connectivity index (χ1v) is 8.79. The Morgan fingerprint density at radius 1 is 1.24 bits per heavy atom. The first kappa shape index (κ1) is 17.6. The number of likely N-dealkylation sites (tertiary alicyclic amines) is 1. The van der Waals surface area contributed by atoms with E-state index >= 15 is 0 Å². The Hall–Kier alpha value is -2.21. The molecular formula is C19H25N3O3. The van der Waals surface area contributed by atoms with Crippen molar-refractivity contribution in [3.05, 3.63) is 47.2 Å². The molecule has 134 valence electrons. The molecule has 2 aromatic rings. The molecule has 6 nitrogen and oxygen atoms in total. The standard InChI is InChI=1S/C19H25N3O3/c1-13(2)17-20-21-18(25-17)15-8-10-22(11-9-15)12-14-4-6-16(7-5-14)19(23)24-3/h4-7,13,15H,8-12H2,1-3H3. The molecule has 6 heteroatoms. The average molecular weight is 343 g/mol. The van der Waals surface area contributed by atoms with E-state index in [2.05, 4.69) is 28.9 Å². The number of carbonyl (C=O) groups excluding carboxylic acids is 1. The Labute approximate surface area is 148 Å². The topological polar surface area (TPSA) is 68.5 Å². The normalized spacial score (nSPS) is 16.3. The van der Waals surface area contributed by atoms with Gasteiger partial charge in [-0.15, -0.1) is 10.2 Å². The van der Waals surface area contributed by atoms with Crippen LogP contribution in [0.3, 0.4) is 0 Å². The molecular weight excluding hydrogens is 318 g/mol. The summed E-state index contributed by atoms with van der Waals surface area (Å²) in [6.45, 7) is 7.01. The fraction of sp³-hybridized carbons (Fsp3) is 0.526. The van der Waals surface area contributed by atoms with Crippen LogP contribution >= 0.6 is 0 Å². The van der Waals surface area contributed by atoms with E-state index in [1.165, 1.54) is 12.7 Å². The zero-order valence-corrected chi connectivity index (χ0v) is 15.1. The Morgan fingerprint density at radius 3 is 2.48 bits per heavy atom. The summed E-state index contributed by atoms with van der Waals surface area (Å²) < 4.78 is 10.5. The van der Waals surface area contributed by atoms with E-state index in [0.29, 0.717) is 11.5 Å². The van der Waals surface area contributed by atoms with E-state index in [1.807, 2.05) is 24.3 Å². The van der Waals surface area contributed by atoms with Crippen LogP contribution in [0.1, 0.15) is 66.2 Å². The third-order valence-corrected chi connectivity index (χ3v) is 4.67. The van der Waals surface area contributed by atoms with Gasteiger partial charge in [-0.1, -0.05) is 26.0 Å². The Balaban J connectivity index is 1.52. The van der Waals surface area contributed by atoms with Gasteiger partial charge in [-0.05, 0) is 43.6 Å². The maximum Gasteiger partial charge on any atom is 0.337 e. The van der Waals surface area contributed by atoms with Crippen molar-refractivity contribution in [1.29, 1.82) is 0 Å². The van der Waals surface area contributed by atoms with Gasteiger partial charge in [-0.2, -0.15) is 0 Å². The fourth-order valence-corrected chi connectivity index (χ4v) is 3.11. The van der Waals surface area contributed by atoms with Crippen LogP contribution in [0.4, 0.5) is 0 Å². The maximum atomic E-state index is 11.5. The van der Waals surface area contributed by atoms with Gasteiger partial charge in [0.1, 0.15) is 0 Å². The monoisotopic (exact) mass is 343 g/mol. The van der Waals surface area contributed by atoms with Crippen LogP contribution in [-0.4, -0.2) is 41.3 Å². The lowest BCUT2D eigenvalue weighted by Crippen LogP contribution is -2.32. The molecule has 1 aliphatic rings. The maximum absolute atomic E-state index is 11.5. The quantitative estimate of drug-likeness (QED) is 0.776. The summed E-state index contributed by atoms with van der Waals surface area (Å²) in [5.41, 5.74) is 1.79. The van der Waals surface area contributed by atoms with Crippen molar-refractivity contribution in [2.24, 2.45) is 0 Å². The molecule has 0 saturated carbocycles. The molecule has 0 N–H and O–H groups in total. The number of benzene rings is 1. The lowest BCUT2D eigenvalue weighted by Gasteiger charge is -2.30. The van der Waals surface area contributed by atoms with Crippen molar-refractivity contribution in [2.75, 3.05) is 20.2 Å². The molecule has 0 spiro atoms. The van der Waals surface area contributed by atoms with Gasteiger partial charge in [0.05, 0.1) is 12.7 Å². The number of hydrogen-bond acceptors (Lipinski definition) is 6. The number of hydrogen-bond donors (Lipinski definition) is 0. The van der Waals surface area contributed by atoms with Crippen LogP contribution in [0.5, 0.6) is 0 Å². The molecule has 3 rings (SSSR count). The Kier molecular flexibility index (Phi) is 5.48. The highest BCUT2D eigenvalue weighted by molar-refractivity contribution is 5.89. The lowest BCUT2D eigenvalue weighted by molar-refractivity contribution is 0.0600. The molecule has 1 fully saturated rings. The number of piperidine rings is 1. The summed E-state index contributed by atoms with van der Waals surface area (Å²) in [6.07, 6.45) is 2.06. The summed E-state index contributed by atoms with van der Waals surface area (Å²) >= 11 is 0. The van der Waals surface area contributed by atoms with E-state index in [1.54, 1.807) is 0 Å². The molecule has 1 aromatic heterocycles. The second kappa shape index (κ2) is 7.78. The first-order chi connectivity index (χ1) is 12.1. The van der Waals surface area contributed by atoms with Gasteiger partial charge in [0.15, 0.2) is 0 Å². The minimum atomic E-state index is -0.298. The molecule has 0 aliphatic carbocycles. The molecule has 0 radical (unpaired) electrons. The molecule has 1 aliphatic heterocycles. The summed E-state index contributed by atoms with van der Waals surface area (Å²) in [5.74, 6) is 1.84. The molecule has 1 saturated heterocycles. The smallest absolute Gasteiger partial charge is 0.337 e. The zero-order valence-electron chi connectivity index (χ0n) is 15.1. The van der Waals surface area contributed by atoms with Crippen molar-refractivity contribution in [3.63, 3.8) is 0 Å². The average Bonchev–Trinajstić information content (AvgIpc) is 3.13. The third kappa shape index (κ3) is 4.25. The number of carbonyl (C=O) groups is 1. The van der Waals surface area contributed by atoms with Gasteiger partial charge in [-0.3, -0.25) is 4.90 Å². The zero-order chi connectivity index (χ0) is 17.8. The van der Waals surface area contributed by atoms with Gasteiger partial charge in [0.2, 0.25) is 11.8 Å². The summed E-state index contributed by atoms with van der Waals surface area (Å²) in [5, 5.41) is 8.36. The number of aromatic nitrogens is 2. The van der Waals surface area contributed by atoms with E-state index in [-0.39, 0.29) is 11.9 Å². The lowest BCUT2D eigenvalue weighted by atomic mass is 9.96. The number of ether oxygens (including phenoxy) is 1. The largest absolute Gasteiger partial charge is 0.465 e. The molecule has 0 atom stereocenters. The second-order valence-corrected chi connectivity index (χ2v) is 6.87. The highest BCUT2D eigenvalue weighted by Gasteiger charge is 2.25. The summed E-state index contributed by atoms with van der Waals surface area (Å²) in [6, 6.07) is 7.62. The van der Waals surface area contributed by atoms with E-state index < -0.39 is 0 Å². The molecule has 0 unspecified atom stereocenters. The summed E-state index contributed by atoms with van der Waals surface area (Å²) in [4.78, 5) is 13.9. The van der Waals surface area contributed by atoms with Gasteiger partial charge in [0.25, 0.3) is 0 Å². The second-order valence-electron chi connectivity index (χ2n) is 6.87. The van der Waals surface area contributed by atoms with Gasteiger partial charge < -0.3 is 9.15 Å². The van der Waals surface area contributed by atoms with Crippen LogP contribution in [-0.2, 0) is 11.3 Å². The number of esters is 1. The molecule has 25 heavy (non-hydrogen) atoms. The van der Waals surface area contributed by atoms with Gasteiger partial charge >= 0.3 is 5.97 Å². The van der Waals surface area contributed by atoms with Crippen LogP contribution in [0.2, 0.25) is 0 Å². The molecule has 0 amide bonds. The van der Waals surface area contributed by atoms with Crippen molar-refractivity contribution in [1.82, 2.24) is 15.1 Å². The molecule has 2 heterocycles. The highest BCUT2D eigenvalue weighted by atomic mass is 16.5. The third-order valence-electron chi connectivity index (χ3n) is 4.67. The SMILES string of the molecule is COC(=O)c1ccc(CN2CCC(c3nnc(C(C)C)o3)CC2)cc1. The predicted octanol–water partition coefficient (Wildman–Crippen LogP) is 3.36. The molecule has 0 bridgehead atoms. The highest BCUT2D eigenvalue weighted by Crippen LogP contribution is 2.28. The van der Waals surface area contributed by atoms with Crippen LogP contribution in [0.15, 0.2) is 28.7 Å². The van der Waals surface area contributed by atoms with E-state index in [4.69, 9.17) is 9.15 Å². The van der Waals surface area contributed by atoms with Crippen molar-refractivity contribution in [3.8, 4) is 0 Å². The van der Waals surface area contributed by atoms with Crippen LogP contribution < -0.4 is 0 Å². The predicted molar refractivity (Wildman–Crippen MR) is 93.4 cm³/mol. The van der Waals surface area contributed by atoms with E-state index in [9.17, 15) is 4.79 Å². The fourth-order valence-electron chi connectivity index (χ4n) is 3.11. The Morgan fingerprint density at radius 2 is 1.92 bits per heavy atom. The van der Waals surface area contributed by atoms with Crippen LogP contribution in [0.25, 0.3) is 0 Å². The number of nitrogens with zero attached hydrogens (tertiary/aromatic N) is 3. The Bertz CT molecular complexity index is 701. The van der Waals surface area contributed by atoms with Crippen molar-refractivity contribution < 1.29 is 13.9 Å². The van der Waals surface area contributed by atoms with Crippen molar-refractivity contribution in [2.45, 2.75) is 45.1 Å². The number of methoxy groups -OCH3 is 1. The summed E-state index contributed by atoms with van der Waals surface area (Å²) in [7, 11) is 1.40. The molecule has 1 aromatic carbocycles. The van der Waals surface area contributed by atoms with Gasteiger partial charge in [0, 0.05) is 18.4 Å². The minimum Gasteiger partial charge on any atom is -0.465 e. The van der Waals surface area contributed by atoms with Gasteiger partial charge in [-0.25, -0.2) is 4.79 Å². The van der Waals surface area contributed by atoms with E-state index in [0.717, 1.165) is 44.3 Å². The minimum absolute atomic E-state index is 0.273. The number of rotatable bonds is 5. The first-order valence-electron chi connectivity index (χ1n) is 8.79. The van der Waals surface area contributed by atoms with Crippen molar-refractivity contribution >= 4 is 5.97 Å².